The van der Waals surface area contributed by atoms with E-state index >= 15 is 0 Å². The molecule has 0 fully saturated rings. The molecule has 38 heavy (non-hydrogen) atoms. The van der Waals surface area contributed by atoms with Crippen LogP contribution in [0.4, 0.5) is 0 Å². The van der Waals surface area contributed by atoms with Crippen LogP contribution >= 0.6 is 0 Å². The maximum absolute atomic E-state index is 4.94. The first-order valence-electron chi connectivity index (χ1n) is 12.3. The Kier molecular flexibility index (Phi) is 5.33. The number of aromatic nitrogens is 6. The topological polar surface area (TPSA) is 77.3 Å². The highest BCUT2D eigenvalue weighted by molar-refractivity contribution is 5.85. The third-order valence-corrected chi connectivity index (χ3v) is 6.49. The minimum absolute atomic E-state index is 0.608. The van der Waals surface area contributed by atoms with E-state index in [0.29, 0.717) is 17.5 Å². The molecule has 0 aliphatic rings. The molecule has 0 N–H and O–H groups in total. The Bertz CT molecular complexity index is 1840. The number of hydrogen-bond acceptors (Lipinski definition) is 6. The van der Waals surface area contributed by atoms with E-state index in [-0.39, 0.29) is 0 Å². The van der Waals surface area contributed by atoms with Crippen LogP contribution in [-0.2, 0) is 0 Å². The lowest BCUT2D eigenvalue weighted by Crippen LogP contribution is -2.00. The first-order valence-corrected chi connectivity index (χ1v) is 12.3. The molecule has 178 valence electrons. The predicted octanol–water partition coefficient (Wildman–Crippen LogP) is 7.03. The van der Waals surface area contributed by atoms with E-state index in [1.165, 1.54) is 0 Å². The zero-order valence-electron chi connectivity index (χ0n) is 20.2. The number of rotatable bonds is 4. The van der Waals surface area contributed by atoms with Gasteiger partial charge in [-0.25, -0.2) is 15.0 Å². The quantitative estimate of drug-likeness (QED) is 0.265. The maximum Gasteiger partial charge on any atom is 0.164 e. The molecule has 0 spiro atoms. The second-order valence-corrected chi connectivity index (χ2v) is 8.94. The summed E-state index contributed by atoms with van der Waals surface area (Å²) in [6.07, 6.45) is 7.19. The van der Waals surface area contributed by atoms with Crippen molar-refractivity contribution in [3.8, 4) is 45.3 Å². The smallest absolute Gasteiger partial charge is 0.164 e. The fraction of sp³-hybridized carbons (Fsp3) is 0. The summed E-state index contributed by atoms with van der Waals surface area (Å²) in [7, 11) is 0. The summed E-state index contributed by atoms with van der Waals surface area (Å²) < 4.78 is 0. The van der Waals surface area contributed by atoms with Crippen molar-refractivity contribution in [2.24, 2.45) is 0 Å². The molecule has 0 aliphatic heterocycles. The summed E-state index contributed by atoms with van der Waals surface area (Å²) in [4.78, 5) is 27.8. The monoisotopic (exact) mass is 488 g/mol. The number of pyridine rings is 3. The van der Waals surface area contributed by atoms with E-state index in [4.69, 9.17) is 15.0 Å². The molecule has 4 aromatic heterocycles. The first-order chi connectivity index (χ1) is 18.8. The lowest BCUT2D eigenvalue weighted by molar-refractivity contribution is 1.07. The van der Waals surface area contributed by atoms with Crippen molar-refractivity contribution in [1.82, 2.24) is 29.9 Å². The highest BCUT2D eigenvalue weighted by Crippen LogP contribution is 2.29. The largest absolute Gasteiger partial charge is 0.265 e. The van der Waals surface area contributed by atoms with E-state index in [0.717, 1.165) is 49.6 Å². The van der Waals surface area contributed by atoms with Gasteiger partial charge in [0.25, 0.3) is 0 Å². The van der Waals surface area contributed by atoms with Crippen molar-refractivity contribution in [3.05, 3.63) is 122 Å². The molecule has 7 rings (SSSR count). The molecule has 3 aromatic carbocycles. The van der Waals surface area contributed by atoms with Gasteiger partial charge in [-0.1, -0.05) is 30.3 Å². The number of benzene rings is 3. The second kappa shape index (κ2) is 9.26. The van der Waals surface area contributed by atoms with Gasteiger partial charge in [-0.05, 0) is 77.9 Å². The van der Waals surface area contributed by atoms with Gasteiger partial charge in [-0.15, -0.1) is 0 Å². The van der Waals surface area contributed by atoms with E-state index in [1.54, 1.807) is 24.8 Å². The molecule has 6 nitrogen and oxygen atoms in total. The number of fused-ring (bicyclic) bond motifs is 2. The van der Waals surface area contributed by atoms with Gasteiger partial charge < -0.3 is 0 Å². The average molecular weight is 489 g/mol. The van der Waals surface area contributed by atoms with Crippen LogP contribution in [0, 0.1) is 0 Å². The van der Waals surface area contributed by atoms with Crippen molar-refractivity contribution < 1.29 is 0 Å². The van der Waals surface area contributed by atoms with Crippen LogP contribution in [0.3, 0.4) is 0 Å². The third-order valence-electron chi connectivity index (χ3n) is 6.49. The molecule has 0 unspecified atom stereocenters. The molecule has 0 bridgehead atoms. The van der Waals surface area contributed by atoms with Crippen LogP contribution in [0.25, 0.3) is 67.1 Å². The van der Waals surface area contributed by atoms with Gasteiger partial charge in [0.15, 0.2) is 17.5 Å². The van der Waals surface area contributed by atoms with Crippen LogP contribution in [0.5, 0.6) is 0 Å². The fourth-order valence-electron chi connectivity index (χ4n) is 4.57. The third kappa shape index (κ3) is 4.14. The highest BCUT2D eigenvalue weighted by Gasteiger charge is 2.14. The lowest BCUT2D eigenvalue weighted by Gasteiger charge is -2.10. The number of nitrogens with zero attached hydrogens (tertiary/aromatic N) is 6. The summed E-state index contributed by atoms with van der Waals surface area (Å²) in [6, 6.07) is 32.4. The maximum atomic E-state index is 4.94. The molecule has 0 radical (unpaired) electrons. The average Bonchev–Trinajstić information content (AvgIpc) is 3.01. The molecule has 0 atom stereocenters. The Hall–Kier alpha value is -5.36. The standard InChI is InChI=1S/C32H20N6/c1-4-22(21-12-16-33-17-13-21)18-25(5-1)30-36-31(26-8-10-28-23(19-26)6-2-14-34-28)38-32(37-30)27-9-11-29-24(20-27)7-3-15-35-29/h1-20H. The first kappa shape index (κ1) is 21.9. The SMILES string of the molecule is c1cc(-c2ccncc2)cc(-c2nc(-c3ccc4ncccc4c3)nc(-c3ccc4ncccc4c3)n2)c1. The molecule has 6 heteroatoms. The van der Waals surface area contributed by atoms with Crippen LogP contribution in [0.2, 0.25) is 0 Å². The van der Waals surface area contributed by atoms with Crippen molar-refractivity contribution >= 4 is 21.8 Å². The zero-order valence-corrected chi connectivity index (χ0v) is 20.2. The Morgan fingerprint density at radius 2 is 0.895 bits per heavy atom. The fourth-order valence-corrected chi connectivity index (χ4v) is 4.57. The molecule has 7 aromatic rings. The molecule has 4 heterocycles. The van der Waals surface area contributed by atoms with Crippen LogP contribution in [0.15, 0.2) is 122 Å². The summed E-state index contributed by atoms with van der Waals surface area (Å²) in [5, 5.41) is 2.06. The minimum atomic E-state index is 0.608. The molecular weight excluding hydrogens is 468 g/mol. The normalized spacial score (nSPS) is 11.2. The summed E-state index contributed by atoms with van der Waals surface area (Å²) in [6.45, 7) is 0. The Morgan fingerprint density at radius 3 is 1.47 bits per heavy atom. The van der Waals surface area contributed by atoms with E-state index < -0.39 is 0 Å². The Labute approximate surface area is 218 Å². The molecule has 0 saturated heterocycles. The van der Waals surface area contributed by atoms with Crippen molar-refractivity contribution in [2.45, 2.75) is 0 Å². The molecule has 0 aliphatic carbocycles. The van der Waals surface area contributed by atoms with Crippen molar-refractivity contribution in [2.75, 3.05) is 0 Å². The lowest BCUT2D eigenvalue weighted by atomic mass is 10.0. The zero-order chi connectivity index (χ0) is 25.3. The van der Waals surface area contributed by atoms with Gasteiger partial charge in [0.2, 0.25) is 0 Å². The van der Waals surface area contributed by atoms with E-state index in [9.17, 15) is 0 Å². The molecular formula is C32H20N6. The van der Waals surface area contributed by atoms with Gasteiger partial charge in [0, 0.05) is 52.3 Å². The summed E-state index contributed by atoms with van der Waals surface area (Å²) in [5.74, 6) is 1.83. The Balaban J connectivity index is 1.42. The molecule has 0 saturated carbocycles. The van der Waals surface area contributed by atoms with Crippen molar-refractivity contribution in [1.29, 1.82) is 0 Å². The van der Waals surface area contributed by atoms with Gasteiger partial charge in [0.05, 0.1) is 11.0 Å². The van der Waals surface area contributed by atoms with E-state index in [2.05, 4.69) is 39.2 Å². The van der Waals surface area contributed by atoms with Crippen LogP contribution < -0.4 is 0 Å². The van der Waals surface area contributed by atoms with Crippen LogP contribution in [0.1, 0.15) is 0 Å². The number of hydrogen-bond donors (Lipinski definition) is 0. The summed E-state index contributed by atoms with van der Waals surface area (Å²) in [5.41, 5.74) is 6.73. The highest BCUT2D eigenvalue weighted by atomic mass is 15.0. The predicted molar refractivity (Wildman–Crippen MR) is 150 cm³/mol. The minimum Gasteiger partial charge on any atom is -0.265 e. The van der Waals surface area contributed by atoms with Gasteiger partial charge in [-0.3, -0.25) is 15.0 Å². The Morgan fingerprint density at radius 1 is 0.368 bits per heavy atom. The summed E-state index contributed by atoms with van der Waals surface area (Å²) >= 11 is 0. The van der Waals surface area contributed by atoms with Crippen molar-refractivity contribution in [3.63, 3.8) is 0 Å². The van der Waals surface area contributed by atoms with Gasteiger partial charge in [-0.2, -0.15) is 0 Å². The van der Waals surface area contributed by atoms with E-state index in [1.807, 2.05) is 72.8 Å². The molecule has 0 amide bonds. The van der Waals surface area contributed by atoms with Crippen LogP contribution in [-0.4, -0.2) is 29.9 Å². The second-order valence-electron chi connectivity index (χ2n) is 8.94. The van der Waals surface area contributed by atoms with Gasteiger partial charge >= 0.3 is 0 Å². The van der Waals surface area contributed by atoms with Gasteiger partial charge in [0.1, 0.15) is 0 Å².